The first-order valence-corrected chi connectivity index (χ1v) is 8.75. The Morgan fingerprint density at radius 2 is 1.88 bits per heavy atom. The topological polar surface area (TPSA) is 52.6 Å². The molecule has 0 unspecified atom stereocenters. The molecule has 0 N–H and O–H groups in total. The van der Waals surface area contributed by atoms with Gasteiger partial charge >= 0.3 is 5.97 Å². The van der Waals surface area contributed by atoms with E-state index in [-0.39, 0.29) is 17.4 Å². The van der Waals surface area contributed by atoms with Gasteiger partial charge in [0.2, 0.25) is 0 Å². The lowest BCUT2D eigenvalue weighted by Crippen LogP contribution is -2.44. The number of methoxy groups -OCH3 is 1. The van der Waals surface area contributed by atoms with Crippen LogP contribution in [0.3, 0.4) is 0 Å². The largest absolute Gasteiger partial charge is 0.469 e. The molecule has 0 fully saturated rings. The van der Waals surface area contributed by atoms with E-state index in [4.69, 9.17) is 4.43 Å². The van der Waals surface area contributed by atoms with Gasteiger partial charge in [-0.3, -0.25) is 4.79 Å². The van der Waals surface area contributed by atoms with Gasteiger partial charge in [0, 0.05) is 6.42 Å². The van der Waals surface area contributed by atoms with Gasteiger partial charge in [0.1, 0.15) is 12.4 Å². The van der Waals surface area contributed by atoms with Gasteiger partial charge in [-0.05, 0) is 24.6 Å². The maximum Gasteiger partial charge on any atom is 0.305 e. The summed E-state index contributed by atoms with van der Waals surface area (Å²) in [4.78, 5) is 22.0. The molecule has 4 nitrogen and oxygen atoms in total. The summed E-state index contributed by atoms with van der Waals surface area (Å²) in [5.41, 5.74) is 0. The number of carbonyl (C=O) groups is 2. The van der Waals surface area contributed by atoms with E-state index < -0.39 is 14.4 Å². The molecule has 0 saturated heterocycles. The second-order valence-corrected chi connectivity index (χ2v) is 10.4. The number of hydrogen-bond donors (Lipinski definition) is 0. The van der Waals surface area contributed by atoms with Gasteiger partial charge in [-0.25, -0.2) is 0 Å². The Hall–Kier alpha value is -0.683. The lowest BCUT2D eigenvalue weighted by atomic mass is 10.2. The molecule has 0 aromatic heterocycles. The van der Waals surface area contributed by atoms with Crippen LogP contribution in [-0.4, -0.2) is 33.8 Å². The van der Waals surface area contributed by atoms with Gasteiger partial charge in [-0.2, -0.15) is 0 Å². The summed E-state index contributed by atoms with van der Waals surface area (Å²) >= 11 is 0. The third-order valence-electron chi connectivity index (χ3n) is 3.26. The van der Waals surface area contributed by atoms with Crippen LogP contribution in [0.4, 0.5) is 0 Å². The van der Waals surface area contributed by atoms with Crippen LogP contribution in [0.5, 0.6) is 0 Å². The zero-order chi connectivity index (χ0) is 13.7. The third-order valence-corrected chi connectivity index (χ3v) is 7.77. The van der Waals surface area contributed by atoms with E-state index in [2.05, 4.69) is 38.6 Å². The van der Waals surface area contributed by atoms with E-state index >= 15 is 0 Å². The highest BCUT2D eigenvalue weighted by molar-refractivity contribution is 6.74. The lowest BCUT2D eigenvalue weighted by molar-refractivity contribution is -0.141. The minimum atomic E-state index is -1.95. The smallest absolute Gasteiger partial charge is 0.305 e. The van der Waals surface area contributed by atoms with E-state index in [0.717, 1.165) is 6.29 Å². The molecule has 0 spiro atoms. The molecular weight excluding hydrogens is 236 g/mol. The quantitative estimate of drug-likeness (QED) is 0.418. The molecule has 5 heteroatoms. The summed E-state index contributed by atoms with van der Waals surface area (Å²) in [5, 5.41) is 0.0551. The van der Waals surface area contributed by atoms with E-state index in [1.54, 1.807) is 0 Å². The zero-order valence-electron chi connectivity index (χ0n) is 11.7. The Morgan fingerprint density at radius 3 is 2.24 bits per heavy atom. The second-order valence-electron chi connectivity index (χ2n) is 5.67. The third kappa shape index (κ3) is 5.45. The number of ether oxygens (including phenoxy) is 1. The summed E-state index contributed by atoms with van der Waals surface area (Å²) in [7, 11) is -0.614. The van der Waals surface area contributed by atoms with Gasteiger partial charge in [0.25, 0.3) is 0 Å². The molecule has 0 amide bonds. The van der Waals surface area contributed by atoms with Gasteiger partial charge in [-0.15, -0.1) is 0 Å². The van der Waals surface area contributed by atoms with Crippen molar-refractivity contribution in [3.8, 4) is 0 Å². The first kappa shape index (κ1) is 16.3. The zero-order valence-corrected chi connectivity index (χ0v) is 12.7. The Morgan fingerprint density at radius 1 is 1.35 bits per heavy atom. The average Bonchev–Trinajstić information content (AvgIpc) is 2.21. The summed E-state index contributed by atoms with van der Waals surface area (Å²) in [6.07, 6.45) is 0.885. The van der Waals surface area contributed by atoms with Gasteiger partial charge in [0.15, 0.2) is 8.32 Å². The molecule has 0 saturated carbocycles. The van der Waals surface area contributed by atoms with Crippen LogP contribution in [-0.2, 0) is 18.8 Å². The fraction of sp³-hybridized carbons (Fsp3) is 0.833. The minimum absolute atomic E-state index is 0.0551. The van der Waals surface area contributed by atoms with Gasteiger partial charge in [0.05, 0.1) is 7.11 Å². The first-order chi connectivity index (χ1) is 7.64. The Labute approximate surface area is 105 Å². The SMILES string of the molecule is COC(=O)CC[C@@H](C=O)O[Si](C)(C)C(C)(C)C. The molecule has 0 heterocycles. The van der Waals surface area contributed by atoms with E-state index in [1.807, 2.05) is 0 Å². The molecule has 0 aliphatic carbocycles. The molecule has 0 rings (SSSR count). The highest BCUT2D eigenvalue weighted by Crippen LogP contribution is 2.37. The maximum absolute atomic E-state index is 11.0. The predicted octanol–water partition coefficient (Wildman–Crippen LogP) is 2.53. The Bertz CT molecular complexity index is 268. The summed E-state index contributed by atoms with van der Waals surface area (Å²) in [6, 6.07) is 0. The van der Waals surface area contributed by atoms with Crippen LogP contribution in [0, 0.1) is 0 Å². The summed E-state index contributed by atoms with van der Waals surface area (Å²) < 4.78 is 10.5. The van der Waals surface area contributed by atoms with Crippen LogP contribution in [0.2, 0.25) is 18.1 Å². The van der Waals surface area contributed by atoms with Gasteiger partial charge in [-0.1, -0.05) is 20.8 Å². The molecule has 1 atom stereocenters. The van der Waals surface area contributed by atoms with E-state index in [1.165, 1.54) is 7.11 Å². The van der Waals surface area contributed by atoms with Crippen molar-refractivity contribution < 1.29 is 18.8 Å². The molecule has 0 aromatic rings. The molecule has 0 aliphatic heterocycles. The first-order valence-electron chi connectivity index (χ1n) is 5.84. The summed E-state index contributed by atoms with van der Waals surface area (Å²) in [5.74, 6) is -0.310. The standard InChI is InChI=1S/C12H24O4Si/c1-12(2,3)17(5,6)16-10(9-13)7-8-11(14)15-4/h9-10H,7-8H2,1-6H3/t10-/m0/s1. The Balaban J connectivity index is 4.41. The van der Waals surface area contributed by atoms with Crippen LogP contribution < -0.4 is 0 Å². The lowest BCUT2D eigenvalue weighted by Gasteiger charge is -2.38. The van der Waals surface area contributed by atoms with Crippen LogP contribution in [0.25, 0.3) is 0 Å². The normalized spacial score (nSPS) is 14.2. The van der Waals surface area contributed by atoms with Crippen molar-refractivity contribution in [2.24, 2.45) is 0 Å². The van der Waals surface area contributed by atoms with Crippen LogP contribution in [0.1, 0.15) is 33.6 Å². The van der Waals surface area contributed by atoms with Crippen molar-refractivity contribution in [3.05, 3.63) is 0 Å². The highest BCUT2D eigenvalue weighted by Gasteiger charge is 2.39. The fourth-order valence-electron chi connectivity index (χ4n) is 1.07. The molecule has 0 aromatic carbocycles. The van der Waals surface area contributed by atoms with Crippen molar-refractivity contribution in [2.45, 2.75) is 57.8 Å². The number of aldehydes is 1. The second kappa shape index (κ2) is 6.30. The number of hydrogen-bond acceptors (Lipinski definition) is 4. The minimum Gasteiger partial charge on any atom is -0.469 e. The highest BCUT2D eigenvalue weighted by atomic mass is 28.4. The van der Waals surface area contributed by atoms with Crippen molar-refractivity contribution in [1.82, 2.24) is 0 Å². The summed E-state index contributed by atoms with van der Waals surface area (Å²) in [6.45, 7) is 10.5. The van der Waals surface area contributed by atoms with Crippen molar-refractivity contribution >= 4 is 20.6 Å². The molecule has 0 radical (unpaired) electrons. The van der Waals surface area contributed by atoms with Gasteiger partial charge < -0.3 is 14.0 Å². The molecule has 0 bridgehead atoms. The number of carbonyl (C=O) groups excluding carboxylic acids is 2. The van der Waals surface area contributed by atoms with Crippen LogP contribution in [0.15, 0.2) is 0 Å². The van der Waals surface area contributed by atoms with Crippen LogP contribution >= 0.6 is 0 Å². The average molecular weight is 260 g/mol. The molecule has 100 valence electrons. The van der Waals surface area contributed by atoms with E-state index in [9.17, 15) is 9.59 Å². The van der Waals surface area contributed by atoms with Crippen molar-refractivity contribution in [2.75, 3.05) is 7.11 Å². The molecule has 17 heavy (non-hydrogen) atoms. The maximum atomic E-state index is 11.0. The van der Waals surface area contributed by atoms with E-state index in [0.29, 0.717) is 6.42 Å². The monoisotopic (exact) mass is 260 g/mol. The van der Waals surface area contributed by atoms with Crippen molar-refractivity contribution in [1.29, 1.82) is 0 Å². The fourth-order valence-corrected chi connectivity index (χ4v) is 2.36. The van der Waals surface area contributed by atoms with Crippen molar-refractivity contribution in [3.63, 3.8) is 0 Å². The number of rotatable bonds is 6. The predicted molar refractivity (Wildman–Crippen MR) is 69.4 cm³/mol. The Kier molecular flexibility index (Phi) is 6.05. The number of esters is 1. The molecular formula is C12H24O4Si. The molecule has 0 aliphatic rings.